The first-order chi connectivity index (χ1) is 18.1. The largest absolute Gasteiger partial charge is 0.354 e. The lowest BCUT2D eigenvalue weighted by molar-refractivity contribution is 0.242. The molecule has 2 aliphatic rings. The normalized spacial score (nSPS) is 18.4. The van der Waals surface area contributed by atoms with Crippen LogP contribution in [0, 0.1) is 23.0 Å². The number of anilines is 1. The molecule has 1 unspecified atom stereocenters. The van der Waals surface area contributed by atoms with Crippen molar-refractivity contribution in [2.75, 3.05) is 44.2 Å². The van der Waals surface area contributed by atoms with E-state index in [2.05, 4.69) is 32.4 Å². The van der Waals surface area contributed by atoms with Crippen LogP contribution in [0.1, 0.15) is 29.0 Å². The van der Waals surface area contributed by atoms with Gasteiger partial charge in [0.05, 0.1) is 17.3 Å². The molecule has 0 saturated carbocycles. The molecule has 7 nitrogen and oxygen atoms in total. The number of halogens is 2. The van der Waals surface area contributed by atoms with E-state index in [1.807, 2.05) is 29.0 Å². The third-order valence-corrected chi connectivity index (χ3v) is 7.48. The number of rotatable bonds is 5. The Morgan fingerprint density at radius 1 is 1.05 bits per heavy atom. The Morgan fingerprint density at radius 2 is 1.86 bits per heavy atom. The highest BCUT2D eigenvalue weighted by Gasteiger charge is 2.23. The van der Waals surface area contributed by atoms with E-state index >= 15 is 0 Å². The van der Waals surface area contributed by atoms with E-state index in [1.54, 1.807) is 6.20 Å². The van der Waals surface area contributed by atoms with Crippen LogP contribution in [0.15, 0.2) is 55.0 Å². The lowest BCUT2D eigenvalue weighted by Crippen LogP contribution is -2.46. The second kappa shape index (κ2) is 9.88. The van der Waals surface area contributed by atoms with E-state index in [-0.39, 0.29) is 12.1 Å². The summed E-state index contributed by atoms with van der Waals surface area (Å²) in [5.74, 6) is 0.278. The number of hydrogen-bond donors (Lipinski definition) is 1. The third-order valence-electron chi connectivity index (χ3n) is 7.48. The summed E-state index contributed by atoms with van der Waals surface area (Å²) >= 11 is 0. The molecule has 188 valence electrons. The molecule has 2 aliphatic heterocycles. The highest BCUT2D eigenvalue weighted by molar-refractivity contribution is 5.84. The van der Waals surface area contributed by atoms with Gasteiger partial charge in [-0.3, -0.25) is 4.90 Å². The van der Waals surface area contributed by atoms with E-state index in [1.165, 1.54) is 23.8 Å². The van der Waals surface area contributed by atoms with Crippen LogP contribution in [-0.2, 0) is 6.54 Å². The van der Waals surface area contributed by atoms with E-state index in [9.17, 15) is 14.0 Å². The smallest absolute Gasteiger partial charge is 0.130 e. The van der Waals surface area contributed by atoms with E-state index in [0.717, 1.165) is 55.1 Å². The average Bonchev–Trinajstić information content (AvgIpc) is 3.61. The maximum Gasteiger partial charge on any atom is 0.130 e. The molecule has 3 aromatic heterocycles. The van der Waals surface area contributed by atoms with Gasteiger partial charge in [0.15, 0.2) is 0 Å². The first-order valence-corrected chi connectivity index (χ1v) is 12.6. The molecule has 0 bridgehead atoms. The van der Waals surface area contributed by atoms with Gasteiger partial charge in [0.2, 0.25) is 0 Å². The molecule has 0 spiro atoms. The fraction of sp³-hybridized carbons (Fsp3) is 0.321. The van der Waals surface area contributed by atoms with Crippen LogP contribution in [0.4, 0.5) is 14.6 Å². The minimum Gasteiger partial charge on any atom is -0.354 e. The van der Waals surface area contributed by atoms with Gasteiger partial charge < -0.3 is 10.2 Å². The van der Waals surface area contributed by atoms with Crippen LogP contribution in [-0.4, -0.2) is 58.8 Å². The maximum atomic E-state index is 14.0. The molecule has 0 radical (unpaired) electrons. The van der Waals surface area contributed by atoms with Crippen molar-refractivity contribution in [3.63, 3.8) is 0 Å². The topological polar surface area (TPSA) is 72.5 Å². The number of nitrogens with zero attached hydrogens (tertiary/aromatic N) is 6. The van der Waals surface area contributed by atoms with Gasteiger partial charge >= 0.3 is 0 Å². The predicted octanol–water partition coefficient (Wildman–Crippen LogP) is 3.95. The van der Waals surface area contributed by atoms with Crippen molar-refractivity contribution in [3.05, 3.63) is 83.3 Å². The van der Waals surface area contributed by atoms with Crippen LogP contribution in [0.2, 0.25) is 0 Å². The average molecular weight is 500 g/mol. The lowest BCUT2D eigenvalue weighted by Gasteiger charge is -2.35. The number of piperazine rings is 1. The summed E-state index contributed by atoms with van der Waals surface area (Å²) in [7, 11) is 0. The molecule has 37 heavy (non-hydrogen) atoms. The van der Waals surface area contributed by atoms with Crippen molar-refractivity contribution in [2.24, 2.45) is 0 Å². The van der Waals surface area contributed by atoms with E-state index in [4.69, 9.17) is 4.98 Å². The highest BCUT2D eigenvalue weighted by Crippen LogP contribution is 2.32. The molecule has 2 saturated heterocycles. The second-order valence-electron chi connectivity index (χ2n) is 9.71. The van der Waals surface area contributed by atoms with Crippen molar-refractivity contribution >= 4 is 11.3 Å². The molecule has 0 amide bonds. The number of nitrogens with one attached hydrogen (secondary N) is 1. The third kappa shape index (κ3) is 4.54. The predicted molar refractivity (Wildman–Crippen MR) is 137 cm³/mol. The summed E-state index contributed by atoms with van der Waals surface area (Å²) in [5, 5.41) is 17.5. The number of fused-ring (bicyclic) bond motifs is 1. The molecule has 1 aromatic carbocycles. The quantitative estimate of drug-likeness (QED) is 0.449. The Hall–Kier alpha value is -3.87. The number of pyridine rings is 2. The standard InChI is InChI=1S/C28H27F2N7/c29-25-2-1-3-26(30)24(25)18-35-8-10-36(11-9-35)27-5-4-20(15-33-27)23-12-21(19-6-7-32-14-19)17-37-28(23)22(13-31)16-34-37/h1-5,12,15-17,19,32H,6-11,14,18H2. The summed E-state index contributed by atoms with van der Waals surface area (Å²) in [6, 6.07) is 12.5. The highest BCUT2D eigenvalue weighted by atomic mass is 19.1. The van der Waals surface area contributed by atoms with Gasteiger partial charge in [0.1, 0.15) is 23.5 Å². The van der Waals surface area contributed by atoms with Crippen molar-refractivity contribution in [1.82, 2.24) is 24.8 Å². The van der Waals surface area contributed by atoms with Gasteiger partial charge in [-0.25, -0.2) is 18.3 Å². The van der Waals surface area contributed by atoms with Crippen LogP contribution in [0.5, 0.6) is 0 Å². The Balaban J connectivity index is 1.21. The SMILES string of the molecule is N#Cc1cnn2cc(C3CCNC3)cc(-c3ccc(N4CCN(Cc5c(F)cccc5F)CC4)nc3)c12. The molecule has 2 fully saturated rings. The molecule has 1 N–H and O–H groups in total. The van der Waals surface area contributed by atoms with E-state index < -0.39 is 11.6 Å². The maximum absolute atomic E-state index is 14.0. The number of aromatic nitrogens is 3. The molecule has 0 aliphatic carbocycles. The first kappa shape index (κ1) is 23.5. The van der Waals surface area contributed by atoms with Crippen LogP contribution < -0.4 is 10.2 Å². The van der Waals surface area contributed by atoms with Crippen molar-refractivity contribution in [3.8, 4) is 17.2 Å². The van der Waals surface area contributed by atoms with Gasteiger partial charge in [0.25, 0.3) is 0 Å². The molecule has 4 aromatic rings. The fourth-order valence-electron chi connectivity index (χ4n) is 5.38. The summed E-state index contributed by atoms with van der Waals surface area (Å²) in [5.41, 5.74) is 4.54. The molecule has 5 heterocycles. The van der Waals surface area contributed by atoms with Crippen molar-refractivity contribution < 1.29 is 8.78 Å². The fourth-order valence-corrected chi connectivity index (χ4v) is 5.38. The summed E-state index contributed by atoms with van der Waals surface area (Å²) in [6.07, 6.45) is 6.58. The van der Waals surface area contributed by atoms with Gasteiger partial charge in [-0.1, -0.05) is 6.07 Å². The van der Waals surface area contributed by atoms with Gasteiger partial charge in [-0.05, 0) is 54.8 Å². The van der Waals surface area contributed by atoms with Crippen LogP contribution >= 0.6 is 0 Å². The zero-order chi connectivity index (χ0) is 25.4. The molecular formula is C28H27F2N7. The second-order valence-corrected chi connectivity index (χ2v) is 9.71. The first-order valence-electron chi connectivity index (χ1n) is 12.6. The Kier molecular flexibility index (Phi) is 6.28. The number of benzene rings is 1. The van der Waals surface area contributed by atoms with Gasteiger partial charge in [0, 0.05) is 68.4 Å². The number of hydrogen-bond acceptors (Lipinski definition) is 6. The molecule has 6 rings (SSSR count). The zero-order valence-electron chi connectivity index (χ0n) is 20.4. The molecule has 1 atom stereocenters. The minimum atomic E-state index is -0.500. The van der Waals surface area contributed by atoms with Crippen molar-refractivity contribution in [2.45, 2.75) is 18.9 Å². The van der Waals surface area contributed by atoms with Gasteiger partial charge in [-0.2, -0.15) is 10.4 Å². The summed E-state index contributed by atoms with van der Waals surface area (Å²) in [4.78, 5) is 9.01. The Bertz CT molecular complexity index is 1440. The minimum absolute atomic E-state index is 0.122. The Labute approximate surface area is 214 Å². The van der Waals surface area contributed by atoms with Crippen LogP contribution in [0.3, 0.4) is 0 Å². The zero-order valence-corrected chi connectivity index (χ0v) is 20.4. The lowest BCUT2D eigenvalue weighted by atomic mass is 9.95. The summed E-state index contributed by atoms with van der Waals surface area (Å²) < 4.78 is 29.9. The summed E-state index contributed by atoms with van der Waals surface area (Å²) in [6.45, 7) is 5.01. The number of nitriles is 1. The molecule has 9 heteroatoms. The Morgan fingerprint density at radius 3 is 2.54 bits per heavy atom. The molecular weight excluding hydrogens is 472 g/mol. The van der Waals surface area contributed by atoms with Crippen LogP contribution in [0.25, 0.3) is 16.6 Å². The van der Waals surface area contributed by atoms with Crippen molar-refractivity contribution in [1.29, 1.82) is 5.26 Å². The monoisotopic (exact) mass is 499 g/mol. The van der Waals surface area contributed by atoms with Gasteiger partial charge in [-0.15, -0.1) is 0 Å². The van der Waals surface area contributed by atoms with E-state index in [0.29, 0.717) is 24.6 Å².